The number of carbonyl (C=O) groups is 3. The van der Waals surface area contributed by atoms with Crippen molar-refractivity contribution >= 4 is 17.9 Å². The number of esters is 1. The van der Waals surface area contributed by atoms with E-state index in [2.05, 4.69) is 58.9 Å². The summed E-state index contributed by atoms with van der Waals surface area (Å²) in [6.45, 7) is 20.4. The lowest BCUT2D eigenvalue weighted by atomic mass is 9.55. The molecule has 1 N–H and O–H groups in total. The predicted molar refractivity (Wildman–Crippen MR) is 224 cm³/mol. The van der Waals surface area contributed by atoms with Crippen LogP contribution in [0.2, 0.25) is 0 Å². The maximum atomic E-state index is 13.2. The first kappa shape index (κ1) is 41.0. The van der Waals surface area contributed by atoms with Crippen LogP contribution in [0.1, 0.15) is 126 Å². The SMILES string of the molecule is CC(=O)c1ccc(C(=O)Oc2ccc(C3(c4ccc(OC(=O)Oc5ccc(C(C)(C)c6ccc(O)c(C)c6)cc5C)c(C)c4)CCC(C)(C)C(C)C3)cc2C)cc1. The van der Waals surface area contributed by atoms with Gasteiger partial charge in [0.2, 0.25) is 0 Å². The largest absolute Gasteiger partial charge is 0.519 e. The van der Waals surface area contributed by atoms with E-state index in [-0.39, 0.29) is 27.8 Å². The molecule has 2 atom stereocenters. The second kappa shape index (κ2) is 15.7. The molecule has 0 aliphatic heterocycles. The van der Waals surface area contributed by atoms with E-state index in [0.717, 1.165) is 63.8 Å². The minimum absolute atomic E-state index is 0.0635. The van der Waals surface area contributed by atoms with Crippen molar-refractivity contribution in [3.05, 3.63) is 153 Å². The standard InChI is InChI=1S/C50H54O7/c1-30-25-38(15-19-42(30)52)49(9,10)39-16-20-44(31(2)26-39)56-47(54)57-45-22-18-41(28-33(45)4)50(24-23-48(7,8)34(5)29-50)40-17-21-43(32(3)27-40)55-46(53)37-13-11-36(12-14-37)35(6)51/h11-22,25-28,34,52H,23-24,29H2,1-10H3. The summed E-state index contributed by atoms with van der Waals surface area (Å²) in [5.41, 5.74) is 8.10. The highest BCUT2D eigenvalue weighted by molar-refractivity contribution is 5.96. The molecule has 2 unspecified atom stereocenters. The minimum Gasteiger partial charge on any atom is -0.508 e. The topological polar surface area (TPSA) is 99.1 Å². The summed E-state index contributed by atoms with van der Waals surface area (Å²) in [5.74, 6) is 1.47. The average molecular weight is 767 g/mol. The molecule has 5 aromatic rings. The van der Waals surface area contributed by atoms with E-state index in [1.54, 1.807) is 36.4 Å². The van der Waals surface area contributed by atoms with Crippen molar-refractivity contribution in [3.8, 4) is 23.0 Å². The molecule has 1 aliphatic rings. The predicted octanol–water partition coefficient (Wildman–Crippen LogP) is 12.1. The van der Waals surface area contributed by atoms with Crippen molar-refractivity contribution in [1.29, 1.82) is 0 Å². The summed E-state index contributed by atoms with van der Waals surface area (Å²) < 4.78 is 17.4. The van der Waals surface area contributed by atoms with Crippen LogP contribution < -0.4 is 14.2 Å². The lowest BCUT2D eigenvalue weighted by Crippen LogP contribution is -2.41. The number of benzene rings is 5. The molecule has 1 fully saturated rings. The van der Waals surface area contributed by atoms with Crippen molar-refractivity contribution in [2.45, 2.75) is 99.3 Å². The van der Waals surface area contributed by atoms with Gasteiger partial charge in [-0.1, -0.05) is 95.3 Å². The second-order valence-corrected chi connectivity index (χ2v) is 17.2. The fourth-order valence-corrected chi connectivity index (χ4v) is 8.06. The molecule has 5 aromatic carbocycles. The Kier molecular flexibility index (Phi) is 11.3. The molecule has 0 saturated heterocycles. The van der Waals surface area contributed by atoms with Gasteiger partial charge in [0.1, 0.15) is 23.0 Å². The van der Waals surface area contributed by atoms with Crippen LogP contribution in [-0.4, -0.2) is 23.0 Å². The van der Waals surface area contributed by atoms with Gasteiger partial charge in [-0.2, -0.15) is 0 Å². The summed E-state index contributed by atoms with van der Waals surface area (Å²) in [7, 11) is 0. The van der Waals surface area contributed by atoms with E-state index in [0.29, 0.717) is 34.3 Å². The maximum absolute atomic E-state index is 13.2. The molecule has 6 rings (SSSR count). The molecule has 7 nitrogen and oxygen atoms in total. The number of Topliss-reactive ketones (excluding diaryl/α,β-unsaturated/α-hetero) is 1. The molecule has 0 radical (unpaired) electrons. The first-order valence-electron chi connectivity index (χ1n) is 19.7. The number of hydrogen-bond acceptors (Lipinski definition) is 7. The number of hydrogen-bond donors (Lipinski definition) is 1. The number of carbonyl (C=O) groups excluding carboxylic acids is 3. The van der Waals surface area contributed by atoms with Gasteiger partial charge in [0.05, 0.1) is 5.56 Å². The maximum Gasteiger partial charge on any atom is 0.519 e. The highest BCUT2D eigenvalue weighted by Gasteiger charge is 2.45. The Morgan fingerprint density at radius 2 is 1.11 bits per heavy atom. The van der Waals surface area contributed by atoms with Gasteiger partial charge in [-0.15, -0.1) is 0 Å². The highest BCUT2D eigenvalue weighted by atomic mass is 16.7. The van der Waals surface area contributed by atoms with Crippen LogP contribution in [0.3, 0.4) is 0 Å². The molecule has 0 bridgehead atoms. The fraction of sp³-hybridized carbons (Fsp3) is 0.340. The molecule has 0 heterocycles. The van der Waals surface area contributed by atoms with Crippen LogP contribution in [0.15, 0.2) is 97.1 Å². The summed E-state index contributed by atoms with van der Waals surface area (Å²) >= 11 is 0. The zero-order chi connectivity index (χ0) is 41.4. The number of phenols is 1. The second-order valence-electron chi connectivity index (χ2n) is 17.2. The van der Waals surface area contributed by atoms with Gasteiger partial charge in [0.25, 0.3) is 0 Å². The van der Waals surface area contributed by atoms with Gasteiger partial charge in [0.15, 0.2) is 5.78 Å². The fourth-order valence-electron chi connectivity index (χ4n) is 8.06. The van der Waals surface area contributed by atoms with E-state index in [1.807, 2.05) is 64.1 Å². The van der Waals surface area contributed by atoms with E-state index in [9.17, 15) is 19.5 Å². The third-order valence-corrected chi connectivity index (χ3v) is 12.6. The molecule has 1 saturated carbocycles. The molecule has 296 valence electrons. The van der Waals surface area contributed by atoms with Gasteiger partial charge < -0.3 is 19.3 Å². The van der Waals surface area contributed by atoms with Gasteiger partial charge in [-0.25, -0.2) is 9.59 Å². The molecular weight excluding hydrogens is 713 g/mol. The Bertz CT molecular complexity index is 2350. The van der Waals surface area contributed by atoms with Crippen LogP contribution in [0.4, 0.5) is 4.79 Å². The van der Waals surface area contributed by atoms with Gasteiger partial charge in [-0.3, -0.25) is 4.79 Å². The Morgan fingerprint density at radius 3 is 1.60 bits per heavy atom. The van der Waals surface area contributed by atoms with Gasteiger partial charge in [-0.05, 0) is 146 Å². The molecule has 57 heavy (non-hydrogen) atoms. The smallest absolute Gasteiger partial charge is 0.508 e. The summed E-state index contributed by atoms with van der Waals surface area (Å²) in [6.07, 6.45) is 2.05. The number of aromatic hydroxyl groups is 1. The van der Waals surface area contributed by atoms with Crippen molar-refractivity contribution in [3.63, 3.8) is 0 Å². The zero-order valence-electron chi connectivity index (χ0n) is 34.8. The Hall–Kier alpha value is -5.69. The zero-order valence-corrected chi connectivity index (χ0v) is 34.8. The minimum atomic E-state index is -0.812. The van der Waals surface area contributed by atoms with Crippen LogP contribution in [0.5, 0.6) is 23.0 Å². The van der Waals surface area contributed by atoms with E-state index in [1.165, 1.54) is 6.92 Å². The number of ketones is 1. The lowest BCUT2D eigenvalue weighted by Gasteiger charge is -2.49. The normalized spacial score (nSPS) is 17.8. The van der Waals surface area contributed by atoms with Crippen molar-refractivity contribution in [2.75, 3.05) is 0 Å². The third-order valence-electron chi connectivity index (χ3n) is 12.6. The van der Waals surface area contributed by atoms with Crippen LogP contribution >= 0.6 is 0 Å². The number of rotatable bonds is 9. The first-order valence-corrected chi connectivity index (χ1v) is 19.7. The Labute approximate surface area is 337 Å². The van der Waals surface area contributed by atoms with Crippen molar-refractivity contribution in [1.82, 2.24) is 0 Å². The van der Waals surface area contributed by atoms with Crippen LogP contribution in [0, 0.1) is 39.0 Å². The van der Waals surface area contributed by atoms with E-state index < -0.39 is 12.1 Å². The molecule has 1 aliphatic carbocycles. The van der Waals surface area contributed by atoms with E-state index in [4.69, 9.17) is 14.2 Å². The Morgan fingerprint density at radius 1 is 0.632 bits per heavy atom. The average Bonchev–Trinajstić information content (AvgIpc) is 3.16. The third kappa shape index (κ3) is 8.39. The molecular formula is C50H54O7. The summed E-state index contributed by atoms with van der Waals surface area (Å²) in [4.78, 5) is 38.0. The summed E-state index contributed by atoms with van der Waals surface area (Å²) in [5, 5.41) is 10.0. The van der Waals surface area contributed by atoms with Crippen LogP contribution in [0.25, 0.3) is 0 Å². The monoisotopic (exact) mass is 766 g/mol. The van der Waals surface area contributed by atoms with Crippen molar-refractivity contribution < 1.29 is 33.7 Å². The van der Waals surface area contributed by atoms with Crippen LogP contribution in [-0.2, 0) is 10.8 Å². The van der Waals surface area contributed by atoms with Crippen molar-refractivity contribution in [2.24, 2.45) is 11.3 Å². The van der Waals surface area contributed by atoms with E-state index >= 15 is 0 Å². The van der Waals surface area contributed by atoms with Gasteiger partial charge >= 0.3 is 12.1 Å². The molecule has 0 aromatic heterocycles. The Balaban J connectivity index is 1.21. The molecule has 7 heteroatoms. The number of ether oxygens (including phenoxy) is 3. The number of aryl methyl sites for hydroxylation is 4. The quantitative estimate of drug-likeness (QED) is 0.0690. The van der Waals surface area contributed by atoms with Gasteiger partial charge in [0, 0.05) is 16.4 Å². The molecule has 0 amide bonds. The summed E-state index contributed by atoms with van der Waals surface area (Å²) in [6, 6.07) is 30.0. The first-order chi connectivity index (χ1) is 26.8. The molecule has 0 spiro atoms. The number of phenolic OH excluding ortho intramolecular Hbond substituents is 1. The lowest BCUT2D eigenvalue weighted by molar-refractivity contribution is 0.0732. The highest BCUT2D eigenvalue weighted by Crippen LogP contribution is 2.54.